The zero-order valence-corrected chi connectivity index (χ0v) is 12.6. The molecule has 0 N–H and O–H groups in total. The molecule has 2 aromatic rings. The van der Waals surface area contributed by atoms with Crippen LogP contribution in [-0.2, 0) is 16.6 Å². The van der Waals surface area contributed by atoms with Crippen molar-refractivity contribution in [1.29, 1.82) is 0 Å². The first-order valence-electron chi connectivity index (χ1n) is 7.20. The van der Waals surface area contributed by atoms with Crippen LogP contribution in [0.4, 0.5) is 0 Å². The van der Waals surface area contributed by atoms with Crippen LogP contribution in [0.3, 0.4) is 0 Å². The van der Waals surface area contributed by atoms with E-state index in [1.807, 2.05) is 30.5 Å². The molecule has 1 aliphatic rings. The van der Waals surface area contributed by atoms with Gasteiger partial charge in [-0.15, -0.1) is 11.3 Å². The summed E-state index contributed by atoms with van der Waals surface area (Å²) in [5.74, 6) is 0.339. The Labute approximate surface area is 123 Å². The highest BCUT2D eigenvalue weighted by Crippen LogP contribution is 2.42. The molecule has 0 aliphatic heterocycles. The average Bonchev–Trinajstić information content (AvgIpc) is 3.10. The van der Waals surface area contributed by atoms with E-state index < -0.39 is 0 Å². The second kappa shape index (κ2) is 5.49. The minimum Gasteiger partial charge on any atom is -0.298 e. The lowest BCUT2D eigenvalue weighted by molar-refractivity contribution is -0.123. The molecule has 1 aromatic heterocycles. The summed E-state index contributed by atoms with van der Waals surface area (Å²) in [7, 11) is 0. The summed E-state index contributed by atoms with van der Waals surface area (Å²) in [5.41, 5.74) is 1.85. The molecule has 0 spiro atoms. The van der Waals surface area contributed by atoms with Gasteiger partial charge in [0.05, 0.1) is 22.5 Å². The number of carbonyl (C=O) groups excluding carboxylic acids is 1. The van der Waals surface area contributed by atoms with Crippen LogP contribution >= 0.6 is 11.3 Å². The fourth-order valence-corrected chi connectivity index (χ4v) is 3.90. The Balaban J connectivity index is 1.89. The molecule has 3 rings (SSSR count). The van der Waals surface area contributed by atoms with Crippen molar-refractivity contribution in [3.05, 3.63) is 52.0 Å². The number of carbonyl (C=O) groups is 1. The van der Waals surface area contributed by atoms with E-state index in [2.05, 4.69) is 17.1 Å². The second-order valence-electron chi connectivity index (χ2n) is 5.61. The van der Waals surface area contributed by atoms with Crippen LogP contribution in [0.1, 0.15) is 41.9 Å². The van der Waals surface area contributed by atoms with Gasteiger partial charge >= 0.3 is 0 Å². The molecule has 1 aromatic carbocycles. The van der Waals surface area contributed by atoms with Gasteiger partial charge < -0.3 is 0 Å². The van der Waals surface area contributed by atoms with Crippen LogP contribution in [0.15, 0.2) is 35.7 Å². The molecule has 104 valence electrons. The maximum absolute atomic E-state index is 12.9. The average molecular weight is 285 g/mol. The van der Waals surface area contributed by atoms with Gasteiger partial charge in [-0.3, -0.25) is 4.79 Å². The van der Waals surface area contributed by atoms with Crippen molar-refractivity contribution >= 4 is 17.1 Å². The topological polar surface area (TPSA) is 30.0 Å². The lowest BCUT2D eigenvalue weighted by Gasteiger charge is -2.27. The van der Waals surface area contributed by atoms with Crippen molar-refractivity contribution < 1.29 is 4.79 Å². The van der Waals surface area contributed by atoms with Gasteiger partial charge in [-0.2, -0.15) is 0 Å². The molecule has 1 saturated carbocycles. The number of thiazole rings is 1. The molecular formula is C17H19NOS. The number of rotatable bonds is 4. The van der Waals surface area contributed by atoms with Crippen molar-refractivity contribution in [3.63, 3.8) is 0 Å². The Bertz CT molecular complexity index is 596. The largest absolute Gasteiger partial charge is 0.298 e. The zero-order chi connectivity index (χ0) is 14.0. The van der Waals surface area contributed by atoms with E-state index in [1.54, 1.807) is 11.3 Å². The minimum absolute atomic E-state index is 0.265. The molecule has 0 bridgehead atoms. The van der Waals surface area contributed by atoms with Crippen molar-refractivity contribution in [3.8, 4) is 0 Å². The Morgan fingerprint density at radius 1 is 1.25 bits per heavy atom. The SMILES string of the molecule is Cc1nc(CC(=O)C2(c3ccccc3)CCCC2)cs1. The van der Waals surface area contributed by atoms with Crippen LogP contribution in [-0.4, -0.2) is 10.8 Å². The highest BCUT2D eigenvalue weighted by atomic mass is 32.1. The van der Waals surface area contributed by atoms with Crippen molar-refractivity contribution in [1.82, 2.24) is 4.98 Å². The fraction of sp³-hybridized carbons (Fsp3) is 0.412. The number of hydrogen-bond acceptors (Lipinski definition) is 3. The first-order chi connectivity index (χ1) is 9.71. The normalized spacial score (nSPS) is 17.2. The number of nitrogens with zero attached hydrogens (tertiary/aromatic N) is 1. The van der Waals surface area contributed by atoms with Gasteiger partial charge in [-0.05, 0) is 25.3 Å². The molecular weight excluding hydrogens is 266 g/mol. The van der Waals surface area contributed by atoms with Gasteiger partial charge in [-0.1, -0.05) is 43.2 Å². The quantitative estimate of drug-likeness (QED) is 0.847. The van der Waals surface area contributed by atoms with Crippen LogP contribution in [0.25, 0.3) is 0 Å². The van der Waals surface area contributed by atoms with E-state index in [0.717, 1.165) is 36.4 Å². The summed E-state index contributed by atoms with van der Waals surface area (Å²) < 4.78 is 0. The van der Waals surface area contributed by atoms with Gasteiger partial charge in [0.1, 0.15) is 5.78 Å². The molecule has 3 heteroatoms. The number of ketones is 1. The van der Waals surface area contributed by atoms with E-state index in [1.165, 1.54) is 5.56 Å². The lowest BCUT2D eigenvalue weighted by Crippen LogP contribution is -2.34. The third kappa shape index (κ3) is 2.42. The summed E-state index contributed by atoms with van der Waals surface area (Å²) >= 11 is 1.62. The molecule has 20 heavy (non-hydrogen) atoms. The van der Waals surface area contributed by atoms with E-state index in [0.29, 0.717) is 12.2 Å². The predicted molar refractivity (Wildman–Crippen MR) is 82.2 cm³/mol. The maximum atomic E-state index is 12.9. The van der Waals surface area contributed by atoms with E-state index in [9.17, 15) is 4.79 Å². The minimum atomic E-state index is -0.265. The summed E-state index contributed by atoms with van der Waals surface area (Å²) in [4.78, 5) is 17.4. The number of hydrogen-bond donors (Lipinski definition) is 0. The second-order valence-corrected chi connectivity index (χ2v) is 6.68. The van der Waals surface area contributed by atoms with Gasteiger partial charge in [0.15, 0.2) is 0 Å². The summed E-state index contributed by atoms with van der Waals surface area (Å²) in [6.07, 6.45) is 4.74. The lowest BCUT2D eigenvalue weighted by atomic mass is 9.74. The smallest absolute Gasteiger partial charge is 0.149 e. The molecule has 0 saturated heterocycles. The van der Waals surface area contributed by atoms with Crippen molar-refractivity contribution in [2.24, 2.45) is 0 Å². The van der Waals surface area contributed by atoms with E-state index in [-0.39, 0.29) is 5.41 Å². The molecule has 0 radical (unpaired) electrons. The first kappa shape index (κ1) is 13.5. The molecule has 0 amide bonds. The van der Waals surface area contributed by atoms with Crippen LogP contribution in [0.2, 0.25) is 0 Å². The van der Waals surface area contributed by atoms with Crippen LogP contribution in [0.5, 0.6) is 0 Å². The summed E-state index contributed by atoms with van der Waals surface area (Å²) in [6, 6.07) is 10.3. The van der Waals surface area contributed by atoms with E-state index in [4.69, 9.17) is 0 Å². The van der Waals surface area contributed by atoms with Crippen molar-refractivity contribution in [2.75, 3.05) is 0 Å². The van der Waals surface area contributed by atoms with Crippen LogP contribution in [0, 0.1) is 6.92 Å². The molecule has 0 atom stereocenters. The molecule has 1 fully saturated rings. The molecule has 0 unspecified atom stereocenters. The number of benzene rings is 1. The third-order valence-corrected chi connectivity index (χ3v) is 5.15. The highest BCUT2D eigenvalue weighted by molar-refractivity contribution is 7.09. The first-order valence-corrected chi connectivity index (χ1v) is 8.08. The Hall–Kier alpha value is -1.48. The number of aryl methyl sites for hydroxylation is 1. The fourth-order valence-electron chi connectivity index (χ4n) is 3.29. The zero-order valence-electron chi connectivity index (χ0n) is 11.8. The van der Waals surface area contributed by atoms with Crippen LogP contribution < -0.4 is 0 Å². The van der Waals surface area contributed by atoms with Gasteiger partial charge in [0, 0.05) is 5.38 Å². The Morgan fingerprint density at radius 3 is 2.55 bits per heavy atom. The highest BCUT2D eigenvalue weighted by Gasteiger charge is 2.42. The summed E-state index contributed by atoms with van der Waals surface area (Å²) in [6.45, 7) is 1.99. The Kier molecular flexibility index (Phi) is 3.70. The Morgan fingerprint density at radius 2 is 1.95 bits per heavy atom. The number of aromatic nitrogens is 1. The van der Waals surface area contributed by atoms with Gasteiger partial charge in [0.25, 0.3) is 0 Å². The maximum Gasteiger partial charge on any atom is 0.149 e. The van der Waals surface area contributed by atoms with Gasteiger partial charge in [-0.25, -0.2) is 4.98 Å². The molecule has 2 nitrogen and oxygen atoms in total. The van der Waals surface area contributed by atoms with Crippen molar-refractivity contribution in [2.45, 2.75) is 44.4 Å². The van der Waals surface area contributed by atoms with E-state index >= 15 is 0 Å². The molecule has 1 heterocycles. The molecule has 1 aliphatic carbocycles. The summed E-state index contributed by atoms with van der Waals surface area (Å²) in [5, 5.41) is 3.05. The monoisotopic (exact) mass is 285 g/mol. The van der Waals surface area contributed by atoms with Gasteiger partial charge in [0.2, 0.25) is 0 Å². The predicted octanol–water partition coefficient (Wildman–Crippen LogP) is 4.08. The number of Topliss-reactive ketones (excluding diaryl/α,β-unsaturated/α-hetero) is 1. The third-order valence-electron chi connectivity index (χ3n) is 4.33. The standard InChI is InChI=1S/C17H19NOS/c1-13-18-15(12-20-13)11-16(19)17(9-5-6-10-17)14-7-3-2-4-8-14/h2-4,7-8,12H,5-6,9-11H2,1H3.